The molecule has 6 rings (SSSR count). The molecule has 2 amide bonds. The number of benzene rings is 4. The lowest BCUT2D eigenvalue weighted by molar-refractivity contribution is 0.262. The molecule has 2 aromatic heterocycles. The van der Waals surface area contributed by atoms with Crippen LogP contribution in [0.3, 0.4) is 0 Å². The minimum Gasteiger partial charge on any atom is -0.450 e. The van der Waals surface area contributed by atoms with Gasteiger partial charge in [0.15, 0.2) is 11.4 Å². The minimum absolute atomic E-state index is 0.281. The summed E-state index contributed by atoms with van der Waals surface area (Å²) < 4.78 is 6.44. The molecule has 196 valence electrons. The Bertz CT molecular complexity index is 1720. The van der Waals surface area contributed by atoms with Gasteiger partial charge < -0.3 is 20.4 Å². The van der Waals surface area contributed by atoms with Crippen molar-refractivity contribution in [2.24, 2.45) is 0 Å². The number of nitrogens with one attached hydrogen (secondary N) is 3. The van der Waals surface area contributed by atoms with Gasteiger partial charge in [-0.15, -0.1) is 0 Å². The van der Waals surface area contributed by atoms with Crippen molar-refractivity contribution in [1.82, 2.24) is 9.97 Å². The molecule has 0 aliphatic carbocycles. The highest BCUT2D eigenvalue weighted by Gasteiger charge is 2.21. The number of hydrogen-bond donors (Lipinski definition) is 3. The molecular weight excluding hydrogens is 498 g/mol. The van der Waals surface area contributed by atoms with Crippen LogP contribution >= 0.6 is 0 Å². The van der Waals surface area contributed by atoms with E-state index in [0.717, 1.165) is 51.3 Å². The second kappa shape index (κ2) is 11.5. The maximum Gasteiger partial charge on any atom is 0.323 e. The zero-order valence-electron chi connectivity index (χ0n) is 21.7. The molecule has 4 aromatic carbocycles. The lowest BCUT2D eigenvalue weighted by Gasteiger charge is -2.09. The molecule has 0 saturated heterocycles. The van der Waals surface area contributed by atoms with E-state index in [1.54, 1.807) is 6.33 Å². The van der Waals surface area contributed by atoms with Gasteiger partial charge in [-0.25, -0.2) is 14.8 Å². The zero-order valence-corrected chi connectivity index (χ0v) is 21.7. The standard InChI is InChI=1S/C33H27N5O2/c39-33(37-26-14-8-3-9-15-26)38-27-18-16-23(17-19-27)20-21-34-32-31-29(35-22-36-32)28(24-10-4-1-5-11-24)30(40-31)25-12-6-2-7-13-25/h1-19,22H,20-21H2,(H,34,35,36)(H2,37,38,39). The number of rotatable bonds is 8. The van der Waals surface area contributed by atoms with Gasteiger partial charge in [0.25, 0.3) is 0 Å². The van der Waals surface area contributed by atoms with Gasteiger partial charge in [-0.3, -0.25) is 0 Å². The fraction of sp³-hybridized carbons (Fsp3) is 0.0606. The number of aromatic nitrogens is 2. The Labute approximate surface area is 231 Å². The lowest BCUT2D eigenvalue weighted by Crippen LogP contribution is -2.19. The van der Waals surface area contributed by atoms with E-state index >= 15 is 0 Å². The maximum atomic E-state index is 12.3. The van der Waals surface area contributed by atoms with Crippen molar-refractivity contribution >= 4 is 34.3 Å². The van der Waals surface area contributed by atoms with Gasteiger partial charge in [0.1, 0.15) is 17.6 Å². The van der Waals surface area contributed by atoms with E-state index in [-0.39, 0.29) is 6.03 Å². The number of para-hydroxylation sites is 1. The van der Waals surface area contributed by atoms with E-state index < -0.39 is 0 Å². The number of carbonyl (C=O) groups excluding carboxylic acids is 1. The summed E-state index contributed by atoms with van der Waals surface area (Å²) >= 11 is 0. The second-order valence-corrected chi connectivity index (χ2v) is 9.26. The van der Waals surface area contributed by atoms with Crippen molar-refractivity contribution in [2.45, 2.75) is 6.42 Å². The average Bonchev–Trinajstić information content (AvgIpc) is 3.40. The van der Waals surface area contributed by atoms with Crippen LogP contribution in [0.2, 0.25) is 0 Å². The molecule has 0 aliphatic heterocycles. The average molecular weight is 526 g/mol. The molecule has 40 heavy (non-hydrogen) atoms. The van der Waals surface area contributed by atoms with Gasteiger partial charge in [-0.2, -0.15) is 0 Å². The molecule has 7 heteroatoms. The van der Waals surface area contributed by atoms with Crippen LogP contribution in [0, 0.1) is 0 Å². The van der Waals surface area contributed by atoms with Crippen LogP contribution in [-0.2, 0) is 6.42 Å². The van der Waals surface area contributed by atoms with Crippen molar-refractivity contribution in [3.63, 3.8) is 0 Å². The van der Waals surface area contributed by atoms with E-state index in [1.807, 2.05) is 103 Å². The summed E-state index contributed by atoms with van der Waals surface area (Å²) in [4.78, 5) is 21.4. The van der Waals surface area contributed by atoms with Gasteiger partial charge in [0.05, 0.1) is 5.56 Å². The molecule has 0 unspecified atom stereocenters. The van der Waals surface area contributed by atoms with Gasteiger partial charge >= 0.3 is 6.03 Å². The summed E-state index contributed by atoms with van der Waals surface area (Å²) in [6, 6.07) is 37.1. The van der Waals surface area contributed by atoms with Gasteiger partial charge in [-0.05, 0) is 41.8 Å². The molecular formula is C33H27N5O2. The first-order chi connectivity index (χ1) is 19.7. The second-order valence-electron chi connectivity index (χ2n) is 9.26. The summed E-state index contributed by atoms with van der Waals surface area (Å²) in [5, 5.41) is 9.11. The van der Waals surface area contributed by atoms with Gasteiger partial charge in [-0.1, -0.05) is 91.0 Å². The highest BCUT2D eigenvalue weighted by atomic mass is 16.3. The third kappa shape index (κ3) is 5.54. The van der Waals surface area contributed by atoms with Crippen molar-refractivity contribution in [2.75, 3.05) is 22.5 Å². The van der Waals surface area contributed by atoms with E-state index in [0.29, 0.717) is 17.9 Å². The van der Waals surface area contributed by atoms with Crippen molar-refractivity contribution in [1.29, 1.82) is 0 Å². The quantitative estimate of drug-likeness (QED) is 0.188. The van der Waals surface area contributed by atoms with Crippen molar-refractivity contribution < 1.29 is 9.21 Å². The van der Waals surface area contributed by atoms with Crippen LogP contribution in [0.4, 0.5) is 22.0 Å². The monoisotopic (exact) mass is 525 g/mol. The highest BCUT2D eigenvalue weighted by Crippen LogP contribution is 2.41. The molecule has 0 radical (unpaired) electrons. The van der Waals surface area contributed by atoms with Crippen LogP contribution < -0.4 is 16.0 Å². The molecule has 0 aliphatic rings. The number of nitrogens with zero attached hydrogens (tertiary/aromatic N) is 2. The highest BCUT2D eigenvalue weighted by molar-refractivity contribution is 6.02. The Balaban J connectivity index is 1.16. The van der Waals surface area contributed by atoms with Crippen LogP contribution in [0.1, 0.15) is 5.56 Å². The van der Waals surface area contributed by atoms with Gasteiger partial charge in [0, 0.05) is 23.5 Å². The molecule has 0 atom stereocenters. The Kier molecular flexibility index (Phi) is 7.17. The first-order valence-corrected chi connectivity index (χ1v) is 13.1. The summed E-state index contributed by atoms with van der Waals surface area (Å²) in [6.07, 6.45) is 2.34. The number of anilines is 3. The van der Waals surface area contributed by atoms with E-state index in [2.05, 4.69) is 38.1 Å². The lowest BCUT2D eigenvalue weighted by atomic mass is 10.0. The summed E-state index contributed by atoms with van der Waals surface area (Å²) in [7, 11) is 0. The third-order valence-electron chi connectivity index (χ3n) is 6.52. The van der Waals surface area contributed by atoms with Crippen LogP contribution in [-0.4, -0.2) is 22.5 Å². The van der Waals surface area contributed by atoms with E-state index in [1.165, 1.54) is 0 Å². The predicted molar refractivity (Wildman–Crippen MR) is 160 cm³/mol. The first kappa shape index (κ1) is 24.9. The van der Waals surface area contributed by atoms with Crippen LogP contribution in [0.15, 0.2) is 126 Å². The Morgan fingerprint density at radius 1 is 0.675 bits per heavy atom. The van der Waals surface area contributed by atoms with Crippen molar-refractivity contribution in [3.05, 3.63) is 127 Å². The fourth-order valence-electron chi connectivity index (χ4n) is 4.60. The molecule has 2 heterocycles. The predicted octanol–water partition coefficient (Wildman–Crippen LogP) is 7.86. The van der Waals surface area contributed by atoms with E-state index in [4.69, 9.17) is 4.42 Å². The Morgan fingerprint density at radius 3 is 1.95 bits per heavy atom. The van der Waals surface area contributed by atoms with Crippen LogP contribution in [0.5, 0.6) is 0 Å². The Morgan fingerprint density at radius 2 is 1.27 bits per heavy atom. The normalized spacial score (nSPS) is 10.8. The summed E-state index contributed by atoms with van der Waals surface area (Å²) in [5.41, 5.74) is 6.96. The molecule has 0 bridgehead atoms. The van der Waals surface area contributed by atoms with Crippen molar-refractivity contribution in [3.8, 4) is 22.5 Å². The number of carbonyl (C=O) groups is 1. The topological polar surface area (TPSA) is 92.1 Å². The molecule has 0 spiro atoms. The molecule has 0 fully saturated rings. The fourth-order valence-corrected chi connectivity index (χ4v) is 4.60. The molecule has 6 aromatic rings. The minimum atomic E-state index is -0.281. The zero-order chi connectivity index (χ0) is 27.1. The number of urea groups is 1. The largest absolute Gasteiger partial charge is 0.450 e. The van der Waals surface area contributed by atoms with E-state index in [9.17, 15) is 4.79 Å². The number of hydrogen-bond acceptors (Lipinski definition) is 5. The number of amides is 2. The first-order valence-electron chi connectivity index (χ1n) is 13.1. The van der Waals surface area contributed by atoms with Crippen LogP contribution in [0.25, 0.3) is 33.6 Å². The maximum absolute atomic E-state index is 12.3. The number of furan rings is 1. The molecule has 3 N–H and O–H groups in total. The number of fused-ring (bicyclic) bond motifs is 1. The van der Waals surface area contributed by atoms with Gasteiger partial charge in [0.2, 0.25) is 0 Å². The molecule has 7 nitrogen and oxygen atoms in total. The Hall–Kier alpha value is -5.43. The summed E-state index contributed by atoms with van der Waals surface area (Å²) in [5.74, 6) is 1.42. The summed E-state index contributed by atoms with van der Waals surface area (Å²) in [6.45, 7) is 0.648. The molecule has 0 saturated carbocycles. The smallest absolute Gasteiger partial charge is 0.323 e. The third-order valence-corrected chi connectivity index (χ3v) is 6.52. The SMILES string of the molecule is O=C(Nc1ccccc1)Nc1ccc(CCNc2ncnc3c(-c4ccccc4)c(-c4ccccc4)oc23)cc1.